The minimum Gasteiger partial charge on any atom is -0.481 e. The Hall–Kier alpha value is -3.22. The number of aromatic nitrogens is 3. The minimum absolute atomic E-state index is 0.0351. The highest BCUT2D eigenvalue weighted by Gasteiger charge is 2.27. The lowest BCUT2D eigenvalue weighted by Gasteiger charge is -2.21. The van der Waals surface area contributed by atoms with E-state index in [2.05, 4.69) is 37.0 Å². The largest absolute Gasteiger partial charge is 0.481 e. The Balaban J connectivity index is 2.06. The predicted molar refractivity (Wildman–Crippen MR) is 126 cm³/mol. The van der Waals surface area contributed by atoms with Crippen molar-refractivity contribution in [1.82, 2.24) is 14.8 Å². The standard InChI is InChI=1S/C26H29F2N3O2/c1-4-5-6-16(7-10-24(32)33)25-19-13-22-17(14-29-30-22)11-23(19)31(26(25)15(2)3)18-8-9-20(27)21(28)12-18/h8-9,11-16H,4-7,10H2,1-3H3,(H,29,30)(H,32,33). The molecule has 0 fully saturated rings. The molecule has 0 amide bonds. The Morgan fingerprint density at radius 3 is 2.61 bits per heavy atom. The first kappa shape index (κ1) is 23.0. The maximum Gasteiger partial charge on any atom is 0.303 e. The molecule has 0 aliphatic rings. The number of aromatic amines is 1. The molecule has 0 saturated heterocycles. The van der Waals surface area contributed by atoms with Crippen molar-refractivity contribution < 1.29 is 18.7 Å². The van der Waals surface area contributed by atoms with E-state index in [1.54, 1.807) is 12.3 Å². The van der Waals surface area contributed by atoms with Crippen LogP contribution in [0.4, 0.5) is 8.78 Å². The summed E-state index contributed by atoms with van der Waals surface area (Å²) in [7, 11) is 0. The van der Waals surface area contributed by atoms with Gasteiger partial charge in [-0.25, -0.2) is 8.78 Å². The van der Waals surface area contributed by atoms with E-state index in [0.717, 1.165) is 58.4 Å². The smallest absolute Gasteiger partial charge is 0.303 e. The Bertz CT molecular complexity index is 1310. The van der Waals surface area contributed by atoms with E-state index in [-0.39, 0.29) is 18.3 Å². The van der Waals surface area contributed by atoms with Crippen LogP contribution < -0.4 is 0 Å². The molecule has 2 aromatic carbocycles. The fraction of sp³-hybridized carbons (Fsp3) is 0.385. The molecular weight excluding hydrogens is 424 g/mol. The van der Waals surface area contributed by atoms with Gasteiger partial charge in [0.15, 0.2) is 11.6 Å². The SMILES string of the molecule is CCCCC(CCC(=O)O)c1c(C(C)C)n(-c2ccc(F)c(F)c2)c2cc3cn[nH]c3cc12. The maximum atomic E-state index is 14.3. The molecular formula is C26H29F2N3O2. The number of carboxylic acid groups (broad SMARTS) is 1. The van der Waals surface area contributed by atoms with Gasteiger partial charge in [0.25, 0.3) is 0 Å². The van der Waals surface area contributed by atoms with Crippen LogP contribution in [-0.2, 0) is 4.79 Å². The van der Waals surface area contributed by atoms with Crippen molar-refractivity contribution in [2.45, 2.75) is 64.7 Å². The highest BCUT2D eigenvalue weighted by atomic mass is 19.2. The van der Waals surface area contributed by atoms with Crippen LogP contribution in [-0.4, -0.2) is 25.8 Å². The number of aliphatic carboxylic acids is 1. The summed E-state index contributed by atoms with van der Waals surface area (Å²) >= 11 is 0. The van der Waals surface area contributed by atoms with E-state index in [0.29, 0.717) is 12.1 Å². The van der Waals surface area contributed by atoms with Crippen molar-refractivity contribution in [3.8, 4) is 5.69 Å². The van der Waals surface area contributed by atoms with Crippen LogP contribution >= 0.6 is 0 Å². The van der Waals surface area contributed by atoms with Crippen molar-refractivity contribution in [3.63, 3.8) is 0 Å². The van der Waals surface area contributed by atoms with Gasteiger partial charge in [-0.2, -0.15) is 5.10 Å². The predicted octanol–water partition coefficient (Wildman–Crippen LogP) is 7.05. The molecule has 0 aliphatic heterocycles. The molecule has 0 radical (unpaired) electrons. The van der Waals surface area contributed by atoms with Crippen molar-refractivity contribution in [2.75, 3.05) is 0 Å². The van der Waals surface area contributed by atoms with E-state index < -0.39 is 17.6 Å². The molecule has 0 aliphatic carbocycles. The highest BCUT2D eigenvalue weighted by Crippen LogP contribution is 2.43. The molecule has 7 heteroatoms. The quantitative estimate of drug-likeness (QED) is 0.285. The molecule has 1 atom stereocenters. The summed E-state index contributed by atoms with van der Waals surface area (Å²) in [5, 5.41) is 18.5. The molecule has 4 aromatic rings. The number of rotatable bonds is 9. The average molecular weight is 454 g/mol. The molecule has 2 heterocycles. The second-order valence-corrected chi connectivity index (χ2v) is 8.99. The summed E-state index contributed by atoms with van der Waals surface area (Å²) in [4.78, 5) is 11.4. The summed E-state index contributed by atoms with van der Waals surface area (Å²) in [6.45, 7) is 6.28. The van der Waals surface area contributed by atoms with Gasteiger partial charge in [0.1, 0.15) is 0 Å². The van der Waals surface area contributed by atoms with Crippen LogP contribution in [0.3, 0.4) is 0 Å². The molecule has 4 rings (SSSR count). The zero-order valence-electron chi connectivity index (χ0n) is 19.2. The highest BCUT2D eigenvalue weighted by molar-refractivity contribution is 5.99. The van der Waals surface area contributed by atoms with Gasteiger partial charge in [-0.1, -0.05) is 33.6 Å². The summed E-state index contributed by atoms with van der Waals surface area (Å²) < 4.78 is 30.0. The fourth-order valence-corrected chi connectivity index (χ4v) is 4.85. The monoisotopic (exact) mass is 453 g/mol. The van der Waals surface area contributed by atoms with Gasteiger partial charge in [0, 0.05) is 34.6 Å². The lowest BCUT2D eigenvalue weighted by atomic mass is 9.85. The number of benzene rings is 2. The Morgan fingerprint density at radius 1 is 1.15 bits per heavy atom. The molecule has 2 N–H and O–H groups in total. The molecule has 5 nitrogen and oxygen atoms in total. The van der Waals surface area contributed by atoms with Gasteiger partial charge in [0.2, 0.25) is 0 Å². The normalized spacial score (nSPS) is 12.8. The summed E-state index contributed by atoms with van der Waals surface area (Å²) in [5.41, 5.74) is 4.41. The van der Waals surface area contributed by atoms with Crippen LogP contribution in [0, 0.1) is 11.6 Å². The van der Waals surface area contributed by atoms with Gasteiger partial charge < -0.3 is 9.67 Å². The van der Waals surface area contributed by atoms with Gasteiger partial charge in [-0.05, 0) is 54.5 Å². The van der Waals surface area contributed by atoms with Crippen LogP contribution in [0.15, 0.2) is 36.5 Å². The zero-order valence-corrected chi connectivity index (χ0v) is 19.2. The second-order valence-electron chi connectivity index (χ2n) is 8.99. The third-order valence-electron chi connectivity index (χ3n) is 6.33. The molecule has 174 valence electrons. The van der Waals surface area contributed by atoms with Crippen LogP contribution in [0.5, 0.6) is 0 Å². The lowest BCUT2D eigenvalue weighted by Crippen LogP contribution is -2.09. The first-order chi connectivity index (χ1) is 15.8. The van der Waals surface area contributed by atoms with Crippen molar-refractivity contribution >= 4 is 27.8 Å². The fourth-order valence-electron chi connectivity index (χ4n) is 4.85. The Morgan fingerprint density at radius 2 is 1.94 bits per heavy atom. The second kappa shape index (κ2) is 9.33. The van der Waals surface area contributed by atoms with Gasteiger partial charge in [0.05, 0.1) is 17.2 Å². The van der Waals surface area contributed by atoms with Crippen LogP contribution in [0.1, 0.15) is 76.0 Å². The number of halogens is 2. The van der Waals surface area contributed by atoms with E-state index in [4.69, 9.17) is 0 Å². The van der Waals surface area contributed by atoms with Crippen LogP contribution in [0.25, 0.3) is 27.5 Å². The number of carbonyl (C=O) groups is 1. The molecule has 2 aromatic heterocycles. The van der Waals surface area contributed by atoms with E-state index in [1.165, 1.54) is 6.07 Å². The topological polar surface area (TPSA) is 70.9 Å². The van der Waals surface area contributed by atoms with Crippen molar-refractivity contribution in [1.29, 1.82) is 0 Å². The molecule has 33 heavy (non-hydrogen) atoms. The summed E-state index contributed by atoms with van der Waals surface area (Å²) in [5.74, 6) is -2.49. The number of H-pyrrole nitrogens is 1. The maximum absolute atomic E-state index is 14.3. The van der Waals surface area contributed by atoms with Crippen LogP contribution in [0.2, 0.25) is 0 Å². The number of hydrogen-bond acceptors (Lipinski definition) is 2. The third-order valence-corrected chi connectivity index (χ3v) is 6.33. The van der Waals surface area contributed by atoms with E-state index in [1.807, 2.05) is 10.6 Å². The number of nitrogens with one attached hydrogen (secondary N) is 1. The summed E-state index contributed by atoms with van der Waals surface area (Å²) in [6, 6.07) is 8.02. The Kier molecular flexibility index (Phi) is 6.49. The number of unbranched alkanes of at least 4 members (excludes halogenated alkanes) is 1. The van der Waals surface area contributed by atoms with Crippen molar-refractivity contribution in [2.24, 2.45) is 0 Å². The first-order valence-corrected chi connectivity index (χ1v) is 11.5. The molecule has 0 spiro atoms. The summed E-state index contributed by atoms with van der Waals surface area (Å²) in [6.07, 6.45) is 5.19. The van der Waals surface area contributed by atoms with E-state index in [9.17, 15) is 18.7 Å². The van der Waals surface area contributed by atoms with E-state index >= 15 is 0 Å². The van der Waals surface area contributed by atoms with Gasteiger partial charge >= 0.3 is 5.97 Å². The molecule has 1 unspecified atom stereocenters. The van der Waals surface area contributed by atoms with Gasteiger partial charge in [-0.3, -0.25) is 9.89 Å². The Labute approximate surface area is 191 Å². The zero-order chi connectivity index (χ0) is 23.7. The third kappa shape index (κ3) is 4.36. The average Bonchev–Trinajstić information content (AvgIpc) is 3.36. The molecule has 0 bridgehead atoms. The number of fused-ring (bicyclic) bond motifs is 2. The number of hydrogen-bond donors (Lipinski definition) is 2. The van der Waals surface area contributed by atoms with Crippen molar-refractivity contribution in [3.05, 3.63) is 59.4 Å². The number of carboxylic acids is 1. The molecule has 0 saturated carbocycles. The number of nitrogens with zero attached hydrogens (tertiary/aromatic N) is 2. The minimum atomic E-state index is -0.900. The van der Waals surface area contributed by atoms with Gasteiger partial charge in [-0.15, -0.1) is 0 Å². The lowest BCUT2D eigenvalue weighted by molar-refractivity contribution is -0.137. The first-order valence-electron chi connectivity index (χ1n) is 11.5.